The predicted octanol–water partition coefficient (Wildman–Crippen LogP) is 3.01. The molecule has 0 aromatic heterocycles. The molecule has 0 amide bonds. The van der Waals surface area contributed by atoms with Crippen LogP contribution in [-0.4, -0.2) is 29.6 Å². The molecule has 16 heavy (non-hydrogen) atoms. The van der Waals surface area contributed by atoms with Gasteiger partial charge in [0.05, 0.1) is 0 Å². The highest BCUT2D eigenvalue weighted by molar-refractivity contribution is 4.96. The summed E-state index contributed by atoms with van der Waals surface area (Å²) in [5, 5.41) is 0. The molecule has 0 heterocycles. The number of hydrogen-bond acceptors (Lipinski definition) is 2. The van der Waals surface area contributed by atoms with Crippen LogP contribution in [0, 0.1) is 5.92 Å². The molecule has 1 fully saturated rings. The standard InChI is InChI=1S/C14H30N2/c1-5-9-16(12(2)3)14(11-15)8-6-7-13(4)10-14/h12-13H,5-11,15H2,1-4H3. The Morgan fingerprint density at radius 2 is 2.12 bits per heavy atom. The topological polar surface area (TPSA) is 29.3 Å². The fourth-order valence-electron chi connectivity index (χ4n) is 3.48. The zero-order chi connectivity index (χ0) is 12.2. The highest BCUT2D eigenvalue weighted by Crippen LogP contribution is 2.37. The first-order valence-corrected chi connectivity index (χ1v) is 7.02. The summed E-state index contributed by atoms with van der Waals surface area (Å²) in [5.74, 6) is 0.843. The molecule has 0 radical (unpaired) electrons. The summed E-state index contributed by atoms with van der Waals surface area (Å²) < 4.78 is 0. The smallest absolute Gasteiger partial charge is 0.0336 e. The Bertz CT molecular complexity index is 203. The average molecular weight is 226 g/mol. The van der Waals surface area contributed by atoms with E-state index >= 15 is 0 Å². The summed E-state index contributed by atoms with van der Waals surface area (Å²) in [4.78, 5) is 2.67. The van der Waals surface area contributed by atoms with Gasteiger partial charge in [0.15, 0.2) is 0 Å². The van der Waals surface area contributed by atoms with Crippen molar-refractivity contribution in [2.24, 2.45) is 11.7 Å². The lowest BCUT2D eigenvalue weighted by molar-refractivity contribution is 0.0149. The summed E-state index contributed by atoms with van der Waals surface area (Å²) >= 11 is 0. The maximum absolute atomic E-state index is 6.13. The van der Waals surface area contributed by atoms with Gasteiger partial charge in [0.2, 0.25) is 0 Å². The van der Waals surface area contributed by atoms with Crippen molar-refractivity contribution in [3.63, 3.8) is 0 Å². The van der Waals surface area contributed by atoms with Gasteiger partial charge >= 0.3 is 0 Å². The van der Waals surface area contributed by atoms with Crippen LogP contribution < -0.4 is 5.73 Å². The molecule has 1 rings (SSSR count). The summed E-state index contributed by atoms with van der Waals surface area (Å²) in [7, 11) is 0. The second-order valence-corrected chi connectivity index (χ2v) is 5.92. The van der Waals surface area contributed by atoms with E-state index in [4.69, 9.17) is 5.73 Å². The highest BCUT2D eigenvalue weighted by atomic mass is 15.2. The molecule has 0 aromatic rings. The molecule has 1 aliphatic carbocycles. The number of rotatable bonds is 5. The first kappa shape index (κ1) is 14.0. The van der Waals surface area contributed by atoms with Crippen LogP contribution in [0.15, 0.2) is 0 Å². The molecule has 2 N–H and O–H groups in total. The Labute approximate surface area is 102 Å². The molecule has 1 aliphatic rings. The first-order valence-electron chi connectivity index (χ1n) is 7.02. The largest absolute Gasteiger partial charge is 0.329 e. The molecule has 96 valence electrons. The quantitative estimate of drug-likeness (QED) is 0.781. The summed E-state index contributed by atoms with van der Waals surface area (Å²) in [6.07, 6.45) is 6.56. The third-order valence-corrected chi connectivity index (χ3v) is 4.14. The third kappa shape index (κ3) is 2.98. The molecule has 2 unspecified atom stereocenters. The fraction of sp³-hybridized carbons (Fsp3) is 1.00. The molecule has 2 atom stereocenters. The van der Waals surface area contributed by atoms with E-state index in [-0.39, 0.29) is 0 Å². The molecule has 0 aliphatic heterocycles. The molecule has 2 heteroatoms. The van der Waals surface area contributed by atoms with Crippen molar-refractivity contribution in [2.45, 2.75) is 71.4 Å². The molecular weight excluding hydrogens is 196 g/mol. The van der Waals surface area contributed by atoms with Crippen LogP contribution in [-0.2, 0) is 0 Å². The van der Waals surface area contributed by atoms with Crippen LogP contribution in [0.1, 0.15) is 59.8 Å². The third-order valence-electron chi connectivity index (χ3n) is 4.14. The van der Waals surface area contributed by atoms with E-state index in [1.165, 1.54) is 38.6 Å². The van der Waals surface area contributed by atoms with Crippen LogP contribution in [0.25, 0.3) is 0 Å². The number of nitrogens with zero attached hydrogens (tertiary/aromatic N) is 1. The Kier molecular flexibility index (Phi) is 5.26. The normalized spacial score (nSPS) is 31.3. The van der Waals surface area contributed by atoms with Gasteiger partial charge < -0.3 is 5.73 Å². The Morgan fingerprint density at radius 1 is 1.44 bits per heavy atom. The van der Waals surface area contributed by atoms with E-state index in [9.17, 15) is 0 Å². The second-order valence-electron chi connectivity index (χ2n) is 5.92. The van der Waals surface area contributed by atoms with Crippen LogP contribution in [0.3, 0.4) is 0 Å². The summed E-state index contributed by atoms with van der Waals surface area (Å²) in [5.41, 5.74) is 6.42. The lowest BCUT2D eigenvalue weighted by atomic mass is 9.74. The number of nitrogens with two attached hydrogens (primary N) is 1. The Balaban J connectivity index is 2.81. The van der Waals surface area contributed by atoms with Gasteiger partial charge in [-0.1, -0.05) is 26.7 Å². The van der Waals surface area contributed by atoms with Crippen LogP contribution in [0.4, 0.5) is 0 Å². The van der Waals surface area contributed by atoms with E-state index in [0.29, 0.717) is 11.6 Å². The first-order chi connectivity index (χ1) is 7.55. The predicted molar refractivity (Wildman–Crippen MR) is 71.6 cm³/mol. The minimum absolute atomic E-state index is 0.293. The summed E-state index contributed by atoms with van der Waals surface area (Å²) in [6, 6.07) is 0.619. The van der Waals surface area contributed by atoms with E-state index in [1.807, 2.05) is 0 Å². The van der Waals surface area contributed by atoms with Gasteiger partial charge in [-0.15, -0.1) is 0 Å². The van der Waals surface area contributed by atoms with Crippen molar-refractivity contribution in [1.82, 2.24) is 4.90 Å². The van der Waals surface area contributed by atoms with Crippen molar-refractivity contribution >= 4 is 0 Å². The molecule has 0 saturated heterocycles. The number of hydrogen-bond donors (Lipinski definition) is 1. The van der Waals surface area contributed by atoms with Crippen molar-refractivity contribution in [2.75, 3.05) is 13.1 Å². The van der Waals surface area contributed by atoms with Crippen molar-refractivity contribution < 1.29 is 0 Å². The Hall–Kier alpha value is -0.0800. The SMILES string of the molecule is CCCN(C(C)C)C1(CN)CCCC(C)C1. The van der Waals surface area contributed by atoms with Gasteiger partial charge in [-0.05, 0) is 45.6 Å². The maximum atomic E-state index is 6.13. The molecule has 0 bridgehead atoms. The fourth-order valence-corrected chi connectivity index (χ4v) is 3.48. The van der Waals surface area contributed by atoms with Crippen LogP contribution in [0.5, 0.6) is 0 Å². The van der Waals surface area contributed by atoms with Gasteiger partial charge in [0, 0.05) is 18.1 Å². The summed E-state index contributed by atoms with van der Waals surface area (Å²) in [6.45, 7) is 11.3. The minimum Gasteiger partial charge on any atom is -0.329 e. The van der Waals surface area contributed by atoms with Gasteiger partial charge in [-0.25, -0.2) is 0 Å². The van der Waals surface area contributed by atoms with Crippen molar-refractivity contribution in [3.8, 4) is 0 Å². The van der Waals surface area contributed by atoms with Gasteiger partial charge in [0.1, 0.15) is 0 Å². The molecule has 0 spiro atoms. The van der Waals surface area contributed by atoms with E-state index in [0.717, 1.165) is 12.5 Å². The Morgan fingerprint density at radius 3 is 2.56 bits per heavy atom. The lowest BCUT2D eigenvalue weighted by Crippen LogP contribution is -2.58. The van der Waals surface area contributed by atoms with Crippen LogP contribution in [0.2, 0.25) is 0 Å². The van der Waals surface area contributed by atoms with E-state index in [1.54, 1.807) is 0 Å². The monoisotopic (exact) mass is 226 g/mol. The molecular formula is C14H30N2. The van der Waals surface area contributed by atoms with E-state index in [2.05, 4.69) is 32.6 Å². The van der Waals surface area contributed by atoms with Gasteiger partial charge in [-0.2, -0.15) is 0 Å². The lowest BCUT2D eigenvalue weighted by Gasteiger charge is -2.50. The van der Waals surface area contributed by atoms with Gasteiger partial charge in [0.25, 0.3) is 0 Å². The van der Waals surface area contributed by atoms with Crippen LogP contribution >= 0.6 is 0 Å². The molecule has 0 aromatic carbocycles. The van der Waals surface area contributed by atoms with E-state index < -0.39 is 0 Å². The maximum Gasteiger partial charge on any atom is 0.0336 e. The molecule has 1 saturated carbocycles. The van der Waals surface area contributed by atoms with Gasteiger partial charge in [-0.3, -0.25) is 4.90 Å². The molecule has 2 nitrogen and oxygen atoms in total. The average Bonchev–Trinajstić information content (AvgIpc) is 2.25. The zero-order valence-electron chi connectivity index (χ0n) is 11.6. The van der Waals surface area contributed by atoms with Crippen molar-refractivity contribution in [3.05, 3.63) is 0 Å². The minimum atomic E-state index is 0.293. The highest BCUT2D eigenvalue weighted by Gasteiger charge is 2.39. The second kappa shape index (κ2) is 6.02. The zero-order valence-corrected chi connectivity index (χ0v) is 11.6. The van der Waals surface area contributed by atoms with Crippen molar-refractivity contribution in [1.29, 1.82) is 0 Å².